The monoisotopic (exact) mass is 514 g/mol. The predicted octanol–water partition coefficient (Wildman–Crippen LogP) is 3.37. The Kier molecular flexibility index (Phi) is 6.30. The zero-order chi connectivity index (χ0) is 26.4. The lowest BCUT2D eigenvalue weighted by Gasteiger charge is -2.36. The first-order valence-corrected chi connectivity index (χ1v) is 13.6. The van der Waals surface area contributed by atoms with Gasteiger partial charge in [-0.1, -0.05) is 50.1 Å². The third kappa shape index (κ3) is 4.11. The number of hydrogen-bond donors (Lipinski definition) is 2. The summed E-state index contributed by atoms with van der Waals surface area (Å²) in [6.07, 6.45) is 10.8. The average Bonchev–Trinajstić information content (AvgIpc) is 3.54. The van der Waals surface area contributed by atoms with Crippen LogP contribution in [0.2, 0.25) is 0 Å². The molecule has 38 heavy (non-hydrogen) atoms. The Labute approximate surface area is 222 Å². The van der Waals surface area contributed by atoms with Gasteiger partial charge >= 0.3 is 0 Å². The normalized spacial score (nSPS) is 33.3. The van der Waals surface area contributed by atoms with Crippen LogP contribution in [0.15, 0.2) is 60.9 Å². The molecule has 3 aliphatic heterocycles. The third-order valence-corrected chi connectivity index (χ3v) is 8.73. The van der Waals surface area contributed by atoms with Crippen molar-refractivity contribution >= 4 is 23.4 Å². The van der Waals surface area contributed by atoms with Crippen molar-refractivity contribution in [2.24, 2.45) is 17.8 Å². The van der Waals surface area contributed by atoms with Crippen LogP contribution >= 0.6 is 0 Å². The summed E-state index contributed by atoms with van der Waals surface area (Å²) < 4.78 is 6.46. The van der Waals surface area contributed by atoms with Crippen LogP contribution in [0, 0.1) is 24.7 Å². The number of amides is 3. The van der Waals surface area contributed by atoms with Crippen molar-refractivity contribution < 1.29 is 19.1 Å². The first-order chi connectivity index (χ1) is 18.4. The van der Waals surface area contributed by atoms with Crippen molar-refractivity contribution in [1.29, 1.82) is 0 Å². The van der Waals surface area contributed by atoms with E-state index < -0.39 is 29.6 Å². The van der Waals surface area contributed by atoms with Crippen molar-refractivity contribution in [3.05, 3.63) is 72.1 Å². The molecule has 2 bridgehead atoms. The number of carbonyl (C=O) groups excluding carboxylic acids is 3. The molecule has 1 saturated carbocycles. The third-order valence-electron chi connectivity index (χ3n) is 8.73. The second kappa shape index (κ2) is 9.66. The Morgan fingerprint density at radius 1 is 1.16 bits per heavy atom. The fourth-order valence-corrected chi connectivity index (χ4v) is 6.87. The second-order valence-corrected chi connectivity index (χ2v) is 11.3. The van der Waals surface area contributed by atoms with E-state index in [9.17, 15) is 14.4 Å². The topological polar surface area (TPSA) is 101 Å². The summed E-state index contributed by atoms with van der Waals surface area (Å²) in [7, 11) is 0. The molecular formula is C30H34N4O4. The van der Waals surface area contributed by atoms with Crippen LogP contribution in [0.25, 0.3) is 0 Å². The summed E-state index contributed by atoms with van der Waals surface area (Å²) in [6.45, 7) is 4.35. The van der Waals surface area contributed by atoms with Crippen molar-refractivity contribution in [2.75, 3.05) is 5.32 Å². The van der Waals surface area contributed by atoms with Gasteiger partial charge in [0.25, 0.3) is 0 Å². The molecule has 0 radical (unpaired) electrons. The molecule has 2 N–H and O–H groups in total. The maximum Gasteiger partial charge on any atom is 0.246 e. The highest BCUT2D eigenvalue weighted by Gasteiger charge is 2.72. The number of fused-ring (bicyclic) bond motifs is 1. The van der Waals surface area contributed by atoms with Crippen molar-refractivity contribution in [2.45, 2.75) is 69.9 Å². The van der Waals surface area contributed by atoms with Gasteiger partial charge in [-0.2, -0.15) is 0 Å². The van der Waals surface area contributed by atoms with Crippen LogP contribution in [0.3, 0.4) is 0 Å². The van der Waals surface area contributed by atoms with Crippen LogP contribution in [-0.4, -0.2) is 51.4 Å². The summed E-state index contributed by atoms with van der Waals surface area (Å²) in [5.74, 6) is -1.85. The van der Waals surface area contributed by atoms with Crippen molar-refractivity contribution in [3.63, 3.8) is 0 Å². The maximum absolute atomic E-state index is 14.1. The predicted molar refractivity (Wildman–Crippen MR) is 142 cm³/mol. The van der Waals surface area contributed by atoms with E-state index in [1.54, 1.807) is 17.3 Å². The fraction of sp³-hybridized carbons (Fsp3) is 0.467. The maximum atomic E-state index is 14.1. The largest absolute Gasteiger partial charge is 0.359 e. The molecule has 1 aliphatic carbocycles. The van der Waals surface area contributed by atoms with E-state index in [-0.39, 0.29) is 30.3 Å². The molecule has 8 nitrogen and oxygen atoms in total. The molecule has 6 rings (SSSR count). The van der Waals surface area contributed by atoms with E-state index in [1.807, 2.05) is 55.5 Å². The minimum Gasteiger partial charge on any atom is -0.359 e. The lowest BCUT2D eigenvalue weighted by Crippen LogP contribution is -2.57. The van der Waals surface area contributed by atoms with Gasteiger partial charge in [0.1, 0.15) is 11.6 Å². The molecule has 1 aromatic carbocycles. The Morgan fingerprint density at radius 3 is 2.76 bits per heavy atom. The second-order valence-electron chi connectivity index (χ2n) is 11.3. The summed E-state index contributed by atoms with van der Waals surface area (Å²) in [5.41, 5.74) is 1.34. The molecule has 3 fully saturated rings. The number of carbonyl (C=O) groups is 3. The molecule has 198 valence electrons. The summed E-state index contributed by atoms with van der Waals surface area (Å²) >= 11 is 0. The van der Waals surface area contributed by atoms with Gasteiger partial charge in [-0.05, 0) is 55.0 Å². The molecule has 2 aromatic rings. The van der Waals surface area contributed by atoms with Crippen molar-refractivity contribution in [1.82, 2.24) is 15.2 Å². The molecule has 4 aliphatic rings. The first kappa shape index (κ1) is 24.8. The number of benzene rings is 1. The molecule has 8 heteroatoms. The SMILES string of the molecule is Cc1cccc(NC(=O)C2C3C=CC4(O3)C2C(=O)N(Cc2cccnc2)C4C(=O)NC2CCCCC2C)c1. The highest BCUT2D eigenvalue weighted by molar-refractivity contribution is 6.02. The molecular weight excluding hydrogens is 480 g/mol. The molecule has 2 saturated heterocycles. The summed E-state index contributed by atoms with van der Waals surface area (Å²) in [6, 6.07) is 10.5. The van der Waals surface area contributed by atoms with Crippen molar-refractivity contribution in [3.8, 4) is 0 Å². The standard InChI is InChI=1S/C30H34N4O4/c1-18-7-5-10-21(15-18)32-27(35)24-23-12-13-30(38-23)25(24)29(37)34(17-20-9-6-14-31-16-20)26(30)28(36)33-22-11-4-3-8-19(22)2/h5-7,9-10,12-16,19,22-26H,3-4,8,11,17H2,1-2H3,(H,32,35)(H,33,36). The van der Waals surface area contributed by atoms with Gasteiger partial charge in [-0.15, -0.1) is 0 Å². The zero-order valence-corrected chi connectivity index (χ0v) is 21.8. The smallest absolute Gasteiger partial charge is 0.246 e. The first-order valence-electron chi connectivity index (χ1n) is 13.6. The van der Waals surface area contributed by atoms with Gasteiger partial charge in [-0.25, -0.2) is 0 Å². The molecule has 1 aromatic heterocycles. The zero-order valence-electron chi connectivity index (χ0n) is 21.8. The molecule has 3 amide bonds. The van der Waals surface area contributed by atoms with E-state index >= 15 is 0 Å². The van der Waals surface area contributed by atoms with Gasteiger partial charge in [-0.3, -0.25) is 19.4 Å². The lowest BCUT2D eigenvalue weighted by atomic mass is 9.74. The van der Waals surface area contributed by atoms with E-state index in [0.29, 0.717) is 11.6 Å². The van der Waals surface area contributed by atoms with Gasteiger partial charge in [0.05, 0.1) is 17.9 Å². The molecule has 7 unspecified atom stereocenters. The number of nitrogens with one attached hydrogen (secondary N) is 2. The Balaban J connectivity index is 1.33. The molecule has 4 heterocycles. The quantitative estimate of drug-likeness (QED) is 0.576. The number of aromatic nitrogens is 1. The Morgan fingerprint density at radius 2 is 2.00 bits per heavy atom. The summed E-state index contributed by atoms with van der Waals surface area (Å²) in [5, 5.41) is 6.25. The minimum absolute atomic E-state index is 0.0602. The average molecular weight is 515 g/mol. The number of pyridine rings is 1. The number of aryl methyl sites for hydroxylation is 1. The molecule has 1 spiro atoms. The Bertz CT molecular complexity index is 1280. The highest BCUT2D eigenvalue weighted by Crippen LogP contribution is 2.55. The van der Waals surface area contributed by atoms with Crippen LogP contribution in [-0.2, 0) is 25.7 Å². The number of likely N-dealkylation sites (tertiary alicyclic amines) is 1. The highest BCUT2D eigenvalue weighted by atomic mass is 16.5. The number of hydrogen-bond acceptors (Lipinski definition) is 5. The van der Waals surface area contributed by atoms with Crippen LogP contribution < -0.4 is 10.6 Å². The van der Waals surface area contributed by atoms with Crippen LogP contribution in [0.4, 0.5) is 5.69 Å². The molecule has 7 atom stereocenters. The van der Waals surface area contributed by atoms with Gasteiger partial charge in [0.15, 0.2) is 0 Å². The van der Waals surface area contributed by atoms with Crippen LogP contribution in [0.1, 0.15) is 43.7 Å². The van der Waals surface area contributed by atoms with E-state index in [4.69, 9.17) is 4.74 Å². The van der Waals surface area contributed by atoms with Gasteiger partial charge in [0, 0.05) is 30.7 Å². The van der Waals surface area contributed by atoms with E-state index in [1.165, 1.54) is 6.42 Å². The van der Waals surface area contributed by atoms with Gasteiger partial charge < -0.3 is 20.3 Å². The minimum atomic E-state index is -1.18. The fourth-order valence-electron chi connectivity index (χ4n) is 6.87. The van der Waals surface area contributed by atoms with E-state index in [0.717, 1.165) is 30.4 Å². The number of ether oxygens (including phenoxy) is 1. The Hall–Kier alpha value is -3.52. The number of rotatable bonds is 6. The lowest BCUT2D eigenvalue weighted by molar-refractivity contribution is -0.142. The van der Waals surface area contributed by atoms with E-state index in [2.05, 4.69) is 22.5 Å². The summed E-state index contributed by atoms with van der Waals surface area (Å²) in [4.78, 5) is 47.5. The number of anilines is 1. The number of nitrogens with zero attached hydrogens (tertiary/aromatic N) is 2. The van der Waals surface area contributed by atoms with Crippen LogP contribution in [0.5, 0.6) is 0 Å². The van der Waals surface area contributed by atoms with Gasteiger partial charge in [0.2, 0.25) is 17.7 Å².